The second-order valence-corrected chi connectivity index (χ2v) is 5.37. The maximum absolute atomic E-state index is 11.7. The highest BCUT2D eigenvalue weighted by Crippen LogP contribution is 2.27. The maximum atomic E-state index is 11.7. The van der Waals surface area contributed by atoms with Crippen molar-refractivity contribution < 1.29 is 23.8 Å². The van der Waals surface area contributed by atoms with E-state index in [2.05, 4.69) is 10.3 Å². The Bertz CT molecular complexity index is 915. The van der Waals surface area contributed by atoms with Crippen molar-refractivity contribution in [3.8, 4) is 17.2 Å². The van der Waals surface area contributed by atoms with Crippen LogP contribution in [-0.4, -0.2) is 29.1 Å². The Morgan fingerprint density at radius 3 is 2.60 bits per heavy atom. The zero-order valence-corrected chi connectivity index (χ0v) is 13.5. The largest absolute Gasteiger partial charge is 0.497 e. The van der Waals surface area contributed by atoms with Crippen LogP contribution in [0, 0.1) is 0 Å². The number of amides is 1. The number of benzene rings is 2. The Morgan fingerprint density at radius 2 is 1.92 bits per heavy atom. The number of carbonyl (C=O) groups is 2. The number of nitrogens with one attached hydrogen (secondary N) is 1. The molecule has 0 saturated carbocycles. The molecule has 0 aliphatic carbocycles. The maximum Gasteiger partial charge on any atom is 0.303 e. The smallest absolute Gasteiger partial charge is 0.303 e. The van der Waals surface area contributed by atoms with Crippen LogP contribution in [-0.2, 0) is 9.59 Å². The minimum Gasteiger partial charge on any atom is -0.497 e. The number of oxazole rings is 1. The average Bonchev–Trinajstić information content (AvgIpc) is 3.03. The Hall–Kier alpha value is -3.35. The molecule has 0 bridgehead atoms. The number of hydrogen-bond donors (Lipinski definition) is 2. The first-order valence-corrected chi connectivity index (χ1v) is 7.62. The highest BCUT2D eigenvalue weighted by Gasteiger charge is 2.11. The van der Waals surface area contributed by atoms with E-state index in [1.807, 2.05) is 24.3 Å². The summed E-state index contributed by atoms with van der Waals surface area (Å²) < 4.78 is 10.9. The van der Waals surface area contributed by atoms with E-state index >= 15 is 0 Å². The minimum absolute atomic E-state index is 0.0825. The summed E-state index contributed by atoms with van der Waals surface area (Å²) in [6, 6.07) is 12.4. The molecule has 0 spiro atoms. The number of aliphatic carboxylic acids is 1. The number of carboxylic acid groups (broad SMARTS) is 1. The summed E-state index contributed by atoms with van der Waals surface area (Å²) >= 11 is 0. The van der Waals surface area contributed by atoms with Gasteiger partial charge in [0.2, 0.25) is 11.8 Å². The molecule has 7 heteroatoms. The number of rotatable bonds is 6. The molecular weight excluding hydrogens is 324 g/mol. The number of hydrogen-bond acceptors (Lipinski definition) is 5. The van der Waals surface area contributed by atoms with Crippen LogP contribution in [0.15, 0.2) is 46.9 Å². The van der Waals surface area contributed by atoms with E-state index in [-0.39, 0.29) is 18.7 Å². The molecule has 0 atom stereocenters. The van der Waals surface area contributed by atoms with Crippen molar-refractivity contribution in [1.82, 2.24) is 4.98 Å². The first-order chi connectivity index (χ1) is 12.0. The Labute approximate surface area is 143 Å². The van der Waals surface area contributed by atoms with Crippen LogP contribution in [0.2, 0.25) is 0 Å². The molecule has 0 aliphatic rings. The van der Waals surface area contributed by atoms with E-state index in [1.165, 1.54) is 0 Å². The normalized spacial score (nSPS) is 10.6. The molecule has 1 aromatic heterocycles. The minimum atomic E-state index is -1.01. The molecule has 2 N–H and O–H groups in total. The molecule has 0 unspecified atom stereocenters. The summed E-state index contributed by atoms with van der Waals surface area (Å²) in [6.07, 6.45) is -0.293. The third-order valence-electron chi connectivity index (χ3n) is 3.58. The number of anilines is 1. The van der Waals surface area contributed by atoms with Crippen LogP contribution in [0.1, 0.15) is 12.8 Å². The molecule has 0 saturated heterocycles. The summed E-state index contributed by atoms with van der Waals surface area (Å²) in [5.74, 6) is -0.167. The fourth-order valence-electron chi connectivity index (χ4n) is 2.30. The summed E-state index contributed by atoms with van der Waals surface area (Å²) in [5, 5.41) is 11.2. The van der Waals surface area contributed by atoms with Crippen molar-refractivity contribution in [2.75, 3.05) is 12.4 Å². The van der Waals surface area contributed by atoms with E-state index in [4.69, 9.17) is 14.3 Å². The van der Waals surface area contributed by atoms with Crippen LogP contribution in [0.3, 0.4) is 0 Å². The van der Waals surface area contributed by atoms with Crippen LogP contribution in [0.25, 0.3) is 22.6 Å². The van der Waals surface area contributed by atoms with Gasteiger partial charge in [0, 0.05) is 23.7 Å². The van der Waals surface area contributed by atoms with Gasteiger partial charge in [0.05, 0.1) is 13.5 Å². The summed E-state index contributed by atoms with van der Waals surface area (Å²) in [7, 11) is 1.60. The lowest BCUT2D eigenvalue weighted by atomic mass is 10.2. The number of carbonyl (C=O) groups excluding carboxylic acids is 1. The number of carboxylic acids is 1. The van der Waals surface area contributed by atoms with Crippen molar-refractivity contribution in [3.05, 3.63) is 42.5 Å². The van der Waals surface area contributed by atoms with Gasteiger partial charge in [-0.05, 0) is 36.4 Å². The predicted octanol–water partition coefficient (Wildman–Crippen LogP) is 3.31. The van der Waals surface area contributed by atoms with E-state index in [0.29, 0.717) is 22.7 Å². The van der Waals surface area contributed by atoms with Gasteiger partial charge in [-0.2, -0.15) is 0 Å². The molecule has 0 radical (unpaired) electrons. The van der Waals surface area contributed by atoms with Gasteiger partial charge in [-0.1, -0.05) is 0 Å². The predicted molar refractivity (Wildman–Crippen MR) is 91.5 cm³/mol. The molecule has 1 amide bonds. The van der Waals surface area contributed by atoms with Crippen molar-refractivity contribution in [2.45, 2.75) is 12.8 Å². The third-order valence-corrected chi connectivity index (χ3v) is 3.58. The zero-order chi connectivity index (χ0) is 17.8. The fourth-order valence-corrected chi connectivity index (χ4v) is 2.30. The number of methoxy groups -OCH3 is 1. The molecular formula is C18H16N2O5. The molecule has 0 aliphatic heterocycles. The van der Waals surface area contributed by atoms with Crippen LogP contribution in [0.5, 0.6) is 5.75 Å². The molecule has 3 aromatic rings. The van der Waals surface area contributed by atoms with E-state index in [9.17, 15) is 9.59 Å². The Morgan fingerprint density at radius 1 is 1.16 bits per heavy atom. The van der Waals surface area contributed by atoms with Gasteiger partial charge >= 0.3 is 5.97 Å². The second-order valence-electron chi connectivity index (χ2n) is 5.37. The molecule has 25 heavy (non-hydrogen) atoms. The van der Waals surface area contributed by atoms with Gasteiger partial charge in [-0.15, -0.1) is 0 Å². The molecule has 128 valence electrons. The van der Waals surface area contributed by atoms with Crippen molar-refractivity contribution in [2.24, 2.45) is 0 Å². The summed E-state index contributed by atoms with van der Waals surface area (Å²) in [4.78, 5) is 26.6. The SMILES string of the molecule is COc1ccc(-c2nc3ccc(NC(=O)CCC(=O)O)cc3o2)cc1. The molecule has 3 rings (SSSR count). The van der Waals surface area contributed by atoms with Crippen molar-refractivity contribution in [3.63, 3.8) is 0 Å². The quantitative estimate of drug-likeness (QED) is 0.714. The van der Waals surface area contributed by atoms with Crippen molar-refractivity contribution >= 4 is 28.7 Å². The summed E-state index contributed by atoms with van der Waals surface area (Å²) in [5.41, 5.74) is 2.53. The number of nitrogens with zero attached hydrogens (tertiary/aromatic N) is 1. The van der Waals surface area contributed by atoms with Gasteiger partial charge in [0.25, 0.3) is 0 Å². The molecule has 2 aromatic carbocycles. The number of aromatic nitrogens is 1. The Kier molecular flexibility index (Phi) is 4.65. The summed E-state index contributed by atoms with van der Waals surface area (Å²) in [6.45, 7) is 0. The third kappa shape index (κ3) is 3.95. The van der Waals surface area contributed by atoms with Crippen LogP contribution < -0.4 is 10.1 Å². The Balaban J connectivity index is 1.78. The van der Waals surface area contributed by atoms with Gasteiger partial charge in [0.15, 0.2) is 5.58 Å². The van der Waals surface area contributed by atoms with Gasteiger partial charge in [-0.25, -0.2) is 4.98 Å². The molecule has 0 fully saturated rings. The standard InChI is InChI=1S/C18H16N2O5/c1-24-13-5-2-11(3-6-13)18-20-14-7-4-12(10-15(14)25-18)19-16(21)8-9-17(22)23/h2-7,10H,8-9H2,1H3,(H,19,21)(H,22,23). The van der Waals surface area contributed by atoms with Crippen LogP contribution >= 0.6 is 0 Å². The number of ether oxygens (including phenoxy) is 1. The van der Waals surface area contributed by atoms with E-state index in [1.54, 1.807) is 25.3 Å². The van der Waals surface area contributed by atoms with Crippen molar-refractivity contribution in [1.29, 1.82) is 0 Å². The van der Waals surface area contributed by atoms with Crippen LogP contribution in [0.4, 0.5) is 5.69 Å². The van der Waals surface area contributed by atoms with E-state index in [0.717, 1.165) is 11.3 Å². The van der Waals surface area contributed by atoms with Gasteiger partial charge in [-0.3, -0.25) is 9.59 Å². The monoisotopic (exact) mass is 340 g/mol. The van der Waals surface area contributed by atoms with Gasteiger partial charge < -0.3 is 19.6 Å². The first-order valence-electron chi connectivity index (χ1n) is 7.62. The lowest BCUT2D eigenvalue weighted by Crippen LogP contribution is -2.12. The molecule has 7 nitrogen and oxygen atoms in total. The average molecular weight is 340 g/mol. The first kappa shape index (κ1) is 16.5. The van der Waals surface area contributed by atoms with E-state index < -0.39 is 5.97 Å². The highest BCUT2D eigenvalue weighted by molar-refractivity contribution is 5.94. The zero-order valence-electron chi connectivity index (χ0n) is 13.5. The second kappa shape index (κ2) is 7.04. The topological polar surface area (TPSA) is 102 Å². The lowest BCUT2D eigenvalue weighted by Gasteiger charge is -2.03. The fraction of sp³-hybridized carbons (Fsp3) is 0.167. The number of fused-ring (bicyclic) bond motifs is 1. The lowest BCUT2D eigenvalue weighted by molar-refractivity contribution is -0.138. The molecule has 1 heterocycles. The highest BCUT2D eigenvalue weighted by atomic mass is 16.5. The van der Waals surface area contributed by atoms with Gasteiger partial charge in [0.1, 0.15) is 11.3 Å².